The molecular weight excluding hydrogens is 350 g/mol. The molecule has 0 atom stereocenters. The van der Waals surface area contributed by atoms with E-state index in [0.29, 0.717) is 33.6 Å². The van der Waals surface area contributed by atoms with E-state index in [2.05, 4.69) is 14.9 Å². The molecule has 6 nitrogen and oxygen atoms in total. The number of aryl methyl sites for hydroxylation is 2. The Morgan fingerprint density at radius 1 is 1.12 bits per heavy atom. The summed E-state index contributed by atoms with van der Waals surface area (Å²) >= 11 is 5.90. The van der Waals surface area contributed by atoms with E-state index in [0.717, 1.165) is 0 Å². The minimum Gasteiger partial charge on any atom is -0.339 e. The fraction of sp³-hybridized carbons (Fsp3) is 0.125. The van der Waals surface area contributed by atoms with Crippen LogP contribution in [0.1, 0.15) is 11.5 Å². The summed E-state index contributed by atoms with van der Waals surface area (Å²) in [6.07, 6.45) is 0. The largest absolute Gasteiger partial charge is 0.339 e. The molecule has 1 aromatic heterocycles. The molecule has 2 aromatic carbocycles. The van der Waals surface area contributed by atoms with Gasteiger partial charge in [-0.2, -0.15) is 4.98 Å². The van der Waals surface area contributed by atoms with Gasteiger partial charge in [-0.3, -0.25) is 4.72 Å². The van der Waals surface area contributed by atoms with Crippen LogP contribution in [0.25, 0.3) is 11.4 Å². The number of benzene rings is 2. The molecule has 3 rings (SSSR count). The van der Waals surface area contributed by atoms with Gasteiger partial charge in [0.05, 0.1) is 10.6 Å². The molecule has 0 radical (unpaired) electrons. The first-order valence-electron chi connectivity index (χ1n) is 7.05. The van der Waals surface area contributed by atoms with Crippen molar-refractivity contribution in [3.05, 3.63) is 58.9 Å². The van der Waals surface area contributed by atoms with E-state index in [1.54, 1.807) is 50.2 Å². The summed E-state index contributed by atoms with van der Waals surface area (Å²) in [7, 11) is -3.78. The lowest BCUT2D eigenvalue weighted by Crippen LogP contribution is -2.14. The lowest BCUT2D eigenvalue weighted by atomic mass is 10.1. The van der Waals surface area contributed by atoms with Crippen molar-refractivity contribution >= 4 is 27.3 Å². The Hall–Kier alpha value is -2.38. The highest BCUT2D eigenvalue weighted by Crippen LogP contribution is 2.26. The highest BCUT2D eigenvalue weighted by atomic mass is 35.5. The van der Waals surface area contributed by atoms with Crippen LogP contribution in [0, 0.1) is 13.8 Å². The maximum Gasteiger partial charge on any atom is 0.262 e. The molecule has 0 aliphatic rings. The van der Waals surface area contributed by atoms with Crippen LogP contribution in [0.15, 0.2) is 51.9 Å². The second-order valence-corrected chi connectivity index (χ2v) is 7.32. The average molecular weight is 364 g/mol. The fourth-order valence-electron chi connectivity index (χ4n) is 2.21. The van der Waals surface area contributed by atoms with Crippen LogP contribution >= 0.6 is 11.6 Å². The number of sulfonamides is 1. The molecule has 0 spiro atoms. The Labute approximate surface area is 144 Å². The van der Waals surface area contributed by atoms with Gasteiger partial charge < -0.3 is 4.52 Å². The summed E-state index contributed by atoms with van der Waals surface area (Å²) in [6.45, 7) is 3.39. The predicted octanol–water partition coefficient (Wildman–Crippen LogP) is 3.81. The van der Waals surface area contributed by atoms with Gasteiger partial charge in [0.1, 0.15) is 0 Å². The number of nitrogens with one attached hydrogen (secondary N) is 1. The van der Waals surface area contributed by atoms with Gasteiger partial charge in [-0.25, -0.2) is 8.42 Å². The van der Waals surface area contributed by atoms with Crippen LogP contribution in [0.5, 0.6) is 0 Å². The topological polar surface area (TPSA) is 85.1 Å². The minimum atomic E-state index is -3.78. The molecule has 1 heterocycles. The SMILES string of the molecule is Cc1nc(-c2ccc(C)c(S(=O)(=O)Nc3cccc(Cl)c3)c2)no1. The second kappa shape index (κ2) is 6.26. The van der Waals surface area contributed by atoms with Crippen LogP contribution in [0.3, 0.4) is 0 Å². The van der Waals surface area contributed by atoms with Crippen molar-refractivity contribution in [1.82, 2.24) is 10.1 Å². The van der Waals surface area contributed by atoms with E-state index in [-0.39, 0.29) is 4.90 Å². The van der Waals surface area contributed by atoms with E-state index in [4.69, 9.17) is 16.1 Å². The Bertz CT molecular complexity index is 999. The van der Waals surface area contributed by atoms with Crippen molar-refractivity contribution in [3.8, 4) is 11.4 Å². The Balaban J connectivity index is 2.01. The Morgan fingerprint density at radius 3 is 2.58 bits per heavy atom. The van der Waals surface area contributed by atoms with Crippen molar-refractivity contribution in [2.24, 2.45) is 0 Å². The lowest BCUT2D eigenvalue weighted by molar-refractivity contribution is 0.394. The third-order valence-electron chi connectivity index (χ3n) is 3.34. The summed E-state index contributed by atoms with van der Waals surface area (Å²) in [5.74, 6) is 0.749. The molecule has 0 saturated heterocycles. The number of hydrogen-bond donors (Lipinski definition) is 1. The van der Waals surface area contributed by atoms with Crippen molar-refractivity contribution in [2.75, 3.05) is 4.72 Å². The molecule has 24 heavy (non-hydrogen) atoms. The highest BCUT2D eigenvalue weighted by molar-refractivity contribution is 7.92. The molecule has 0 fully saturated rings. The Morgan fingerprint density at radius 2 is 1.92 bits per heavy atom. The van der Waals surface area contributed by atoms with Gasteiger partial charge in [0.25, 0.3) is 10.0 Å². The minimum absolute atomic E-state index is 0.141. The predicted molar refractivity (Wildman–Crippen MR) is 91.5 cm³/mol. The second-order valence-electron chi connectivity index (χ2n) is 5.23. The first-order chi connectivity index (χ1) is 11.3. The number of halogens is 1. The molecule has 124 valence electrons. The summed E-state index contributed by atoms with van der Waals surface area (Å²) in [5.41, 5.74) is 1.56. The van der Waals surface area contributed by atoms with E-state index in [1.165, 1.54) is 6.07 Å². The summed E-state index contributed by atoms with van der Waals surface area (Å²) in [6, 6.07) is 11.5. The van der Waals surface area contributed by atoms with Gasteiger partial charge in [0.15, 0.2) is 0 Å². The Kier molecular flexibility index (Phi) is 4.29. The maximum absolute atomic E-state index is 12.7. The van der Waals surface area contributed by atoms with Gasteiger partial charge in [0.2, 0.25) is 11.7 Å². The quantitative estimate of drug-likeness (QED) is 0.761. The van der Waals surface area contributed by atoms with Gasteiger partial charge in [-0.15, -0.1) is 0 Å². The fourth-order valence-corrected chi connectivity index (χ4v) is 3.72. The van der Waals surface area contributed by atoms with Crippen molar-refractivity contribution < 1.29 is 12.9 Å². The normalized spacial score (nSPS) is 11.5. The lowest BCUT2D eigenvalue weighted by Gasteiger charge is -2.11. The number of aromatic nitrogens is 2. The van der Waals surface area contributed by atoms with E-state index in [1.807, 2.05) is 0 Å². The maximum atomic E-state index is 12.7. The average Bonchev–Trinajstić information content (AvgIpc) is 2.93. The van der Waals surface area contributed by atoms with Gasteiger partial charge in [-0.1, -0.05) is 35.0 Å². The molecule has 0 aliphatic heterocycles. The molecule has 0 saturated carbocycles. The zero-order chi connectivity index (χ0) is 17.3. The highest BCUT2D eigenvalue weighted by Gasteiger charge is 2.19. The molecular formula is C16H14ClN3O3S. The monoisotopic (exact) mass is 363 g/mol. The number of rotatable bonds is 4. The van der Waals surface area contributed by atoms with Crippen molar-refractivity contribution in [2.45, 2.75) is 18.7 Å². The summed E-state index contributed by atoms with van der Waals surface area (Å²) < 4.78 is 32.9. The first-order valence-corrected chi connectivity index (χ1v) is 8.91. The third kappa shape index (κ3) is 3.42. The number of anilines is 1. The van der Waals surface area contributed by atoms with Crippen LogP contribution in [-0.4, -0.2) is 18.6 Å². The smallest absolute Gasteiger partial charge is 0.262 e. The van der Waals surface area contributed by atoms with E-state index < -0.39 is 10.0 Å². The van der Waals surface area contributed by atoms with Crippen molar-refractivity contribution in [3.63, 3.8) is 0 Å². The molecule has 1 N–H and O–H groups in total. The molecule has 8 heteroatoms. The van der Waals surface area contributed by atoms with Crippen molar-refractivity contribution in [1.29, 1.82) is 0 Å². The van der Waals surface area contributed by atoms with Crippen LogP contribution in [0.4, 0.5) is 5.69 Å². The standard InChI is InChI=1S/C16H14ClN3O3S/c1-10-6-7-12(16-18-11(2)23-19-16)8-15(10)24(21,22)20-14-5-3-4-13(17)9-14/h3-9,20H,1-2H3. The molecule has 0 amide bonds. The number of hydrogen-bond acceptors (Lipinski definition) is 5. The van der Waals surface area contributed by atoms with Gasteiger partial charge >= 0.3 is 0 Å². The summed E-state index contributed by atoms with van der Waals surface area (Å²) in [4.78, 5) is 4.26. The third-order valence-corrected chi connectivity index (χ3v) is 5.10. The molecule has 0 unspecified atom stereocenters. The van der Waals surface area contributed by atoms with Gasteiger partial charge in [0, 0.05) is 17.5 Å². The number of nitrogens with zero attached hydrogens (tertiary/aromatic N) is 2. The zero-order valence-electron chi connectivity index (χ0n) is 12.9. The molecule has 3 aromatic rings. The van der Waals surface area contributed by atoms with E-state index >= 15 is 0 Å². The zero-order valence-corrected chi connectivity index (χ0v) is 14.5. The van der Waals surface area contributed by atoms with Crippen LogP contribution < -0.4 is 4.72 Å². The van der Waals surface area contributed by atoms with Gasteiger partial charge in [-0.05, 0) is 36.8 Å². The van der Waals surface area contributed by atoms with Crippen LogP contribution in [0.2, 0.25) is 5.02 Å². The first kappa shape index (κ1) is 16.5. The molecule has 0 aliphatic carbocycles. The summed E-state index contributed by atoms with van der Waals surface area (Å²) in [5, 5.41) is 4.26. The van der Waals surface area contributed by atoms with Crippen LogP contribution in [-0.2, 0) is 10.0 Å². The molecule has 0 bridgehead atoms. The van der Waals surface area contributed by atoms with E-state index in [9.17, 15) is 8.42 Å².